The van der Waals surface area contributed by atoms with Crippen molar-refractivity contribution in [2.24, 2.45) is 0 Å². The Balaban J connectivity index is 3.56. The molecule has 0 aliphatic rings. The molecule has 1 nitrogen and oxygen atoms in total. The van der Waals surface area contributed by atoms with E-state index in [1.165, 1.54) is 0 Å². The van der Waals surface area contributed by atoms with Crippen LogP contribution < -0.4 is 0 Å². The number of hydrogen-bond acceptors (Lipinski definition) is 1. The first-order chi connectivity index (χ1) is 3.81. The smallest absolute Gasteiger partial charge is 0.176 e. The molecule has 1 atom stereocenters. The quantitative estimate of drug-likeness (QED) is 0.414. The number of aliphatic hydroxyl groups is 1. The molecular weight excluding hydrogens is 168 g/mol. The molecule has 0 aliphatic heterocycles. The molecule has 0 bridgehead atoms. The fourth-order valence-corrected chi connectivity index (χ4v) is 0.339. The molecule has 0 aromatic rings. The second-order valence-corrected chi connectivity index (χ2v) is 1.58. The zero-order valence-corrected chi connectivity index (χ0v) is 5.77. The molecule has 42 valence electrons. The van der Waals surface area contributed by atoms with Crippen LogP contribution in [0.1, 0.15) is 0 Å². The van der Waals surface area contributed by atoms with Crippen molar-refractivity contribution >= 4 is 15.9 Å². The van der Waals surface area contributed by atoms with Crippen molar-refractivity contribution in [1.29, 1.82) is 0 Å². The summed E-state index contributed by atoms with van der Waals surface area (Å²) in [6.07, 6.45) is 3.89. The number of aliphatic hydroxyl groups excluding tert-OH is 1. The Labute approximate surface area is 57.2 Å². The van der Waals surface area contributed by atoms with E-state index in [-0.39, 0.29) is 0 Å². The number of terminal acetylenes is 1. The van der Waals surface area contributed by atoms with Crippen LogP contribution in [0, 0.1) is 24.2 Å². The van der Waals surface area contributed by atoms with E-state index in [1.807, 2.05) is 0 Å². The van der Waals surface area contributed by atoms with Crippen LogP contribution >= 0.6 is 15.9 Å². The highest BCUT2D eigenvalue weighted by Crippen LogP contribution is 1.76. The SMILES string of the molecule is C#CC(O)C#CCBr. The largest absolute Gasteiger partial charge is 0.369 e. The first-order valence-corrected chi connectivity index (χ1v) is 3.12. The van der Waals surface area contributed by atoms with Gasteiger partial charge in [0.15, 0.2) is 6.10 Å². The maximum Gasteiger partial charge on any atom is 0.176 e. The lowest BCUT2D eigenvalue weighted by atomic mass is 10.4. The van der Waals surface area contributed by atoms with E-state index >= 15 is 0 Å². The summed E-state index contributed by atoms with van der Waals surface area (Å²) in [6, 6.07) is 0. The van der Waals surface area contributed by atoms with Crippen molar-refractivity contribution in [2.75, 3.05) is 5.33 Å². The van der Waals surface area contributed by atoms with Gasteiger partial charge >= 0.3 is 0 Å². The summed E-state index contributed by atoms with van der Waals surface area (Å²) in [5.41, 5.74) is 0. The molecule has 1 N–H and O–H groups in total. The van der Waals surface area contributed by atoms with Crippen LogP contribution in [0.5, 0.6) is 0 Å². The summed E-state index contributed by atoms with van der Waals surface area (Å²) in [6.45, 7) is 0. The van der Waals surface area contributed by atoms with E-state index in [2.05, 4.69) is 33.7 Å². The third-order valence-electron chi connectivity index (χ3n) is 0.463. The zero-order chi connectivity index (χ0) is 6.41. The van der Waals surface area contributed by atoms with Crippen LogP contribution in [-0.2, 0) is 0 Å². The molecule has 0 rings (SSSR count). The lowest BCUT2D eigenvalue weighted by Crippen LogP contribution is -1.96. The van der Waals surface area contributed by atoms with Gasteiger partial charge < -0.3 is 5.11 Å². The van der Waals surface area contributed by atoms with Gasteiger partial charge in [0.25, 0.3) is 0 Å². The summed E-state index contributed by atoms with van der Waals surface area (Å²) in [7, 11) is 0. The highest BCUT2D eigenvalue weighted by Gasteiger charge is 1.84. The Hall–Kier alpha value is -0.440. The fourth-order valence-electron chi connectivity index (χ4n) is 0.177. The van der Waals surface area contributed by atoms with E-state index in [4.69, 9.17) is 11.5 Å². The van der Waals surface area contributed by atoms with Gasteiger partial charge in [-0.05, 0) is 0 Å². The molecule has 0 aliphatic carbocycles. The van der Waals surface area contributed by atoms with Gasteiger partial charge in [-0.15, -0.1) is 6.42 Å². The van der Waals surface area contributed by atoms with E-state index < -0.39 is 6.10 Å². The minimum atomic E-state index is -0.910. The fraction of sp³-hybridized carbons (Fsp3) is 0.333. The Morgan fingerprint density at radius 3 is 2.75 bits per heavy atom. The van der Waals surface area contributed by atoms with Gasteiger partial charge in [-0.2, -0.15) is 0 Å². The standard InChI is InChI=1S/C6H5BrO/c1-2-6(8)4-3-5-7/h1,6,8H,5H2. The molecule has 0 spiro atoms. The van der Waals surface area contributed by atoms with Gasteiger partial charge in [-0.3, -0.25) is 0 Å². The topological polar surface area (TPSA) is 20.2 Å². The molecule has 0 saturated carbocycles. The van der Waals surface area contributed by atoms with Crippen LogP contribution in [0.25, 0.3) is 0 Å². The summed E-state index contributed by atoms with van der Waals surface area (Å²) in [5.74, 6) is 7.04. The van der Waals surface area contributed by atoms with Crippen molar-refractivity contribution in [2.45, 2.75) is 6.10 Å². The summed E-state index contributed by atoms with van der Waals surface area (Å²) in [5, 5.41) is 9.11. The second-order valence-electron chi connectivity index (χ2n) is 1.02. The summed E-state index contributed by atoms with van der Waals surface area (Å²) in [4.78, 5) is 0. The Morgan fingerprint density at radius 1 is 1.75 bits per heavy atom. The third-order valence-corrected chi connectivity index (χ3v) is 0.744. The number of alkyl halides is 1. The first-order valence-electron chi connectivity index (χ1n) is 2.00. The highest BCUT2D eigenvalue weighted by molar-refractivity contribution is 9.09. The van der Waals surface area contributed by atoms with Gasteiger partial charge in [0.1, 0.15) is 0 Å². The van der Waals surface area contributed by atoms with Crippen molar-refractivity contribution in [1.82, 2.24) is 0 Å². The molecule has 1 unspecified atom stereocenters. The van der Waals surface area contributed by atoms with Crippen LogP contribution in [0.4, 0.5) is 0 Å². The number of hydrogen-bond donors (Lipinski definition) is 1. The maximum atomic E-state index is 8.56. The minimum Gasteiger partial charge on any atom is -0.369 e. The molecule has 0 amide bonds. The van der Waals surface area contributed by atoms with Gasteiger partial charge in [0, 0.05) is 0 Å². The molecule has 0 aromatic heterocycles. The Morgan fingerprint density at radius 2 is 2.38 bits per heavy atom. The van der Waals surface area contributed by atoms with E-state index in [1.54, 1.807) is 0 Å². The zero-order valence-electron chi connectivity index (χ0n) is 4.19. The van der Waals surface area contributed by atoms with Crippen molar-refractivity contribution in [3.8, 4) is 24.2 Å². The molecule has 2 heteroatoms. The molecule has 0 heterocycles. The molecule has 0 fully saturated rings. The van der Waals surface area contributed by atoms with Crippen LogP contribution in [0.3, 0.4) is 0 Å². The normalized spacial score (nSPS) is 10.6. The molecule has 0 radical (unpaired) electrons. The van der Waals surface area contributed by atoms with E-state index in [0.29, 0.717) is 5.33 Å². The van der Waals surface area contributed by atoms with Crippen LogP contribution in [0.15, 0.2) is 0 Å². The van der Waals surface area contributed by atoms with Gasteiger partial charge in [0.05, 0.1) is 5.33 Å². The Kier molecular flexibility index (Phi) is 4.45. The van der Waals surface area contributed by atoms with Crippen molar-refractivity contribution in [3.63, 3.8) is 0 Å². The molecule has 8 heavy (non-hydrogen) atoms. The van der Waals surface area contributed by atoms with Gasteiger partial charge in [-0.1, -0.05) is 33.7 Å². The average Bonchev–Trinajstić information content (AvgIpc) is 1.83. The predicted molar refractivity (Wildman–Crippen MR) is 36.4 cm³/mol. The van der Waals surface area contributed by atoms with E-state index in [0.717, 1.165) is 0 Å². The minimum absolute atomic E-state index is 0.547. The maximum absolute atomic E-state index is 8.56. The lowest BCUT2D eigenvalue weighted by molar-refractivity contribution is 0.290. The molecular formula is C6H5BrO. The highest BCUT2D eigenvalue weighted by atomic mass is 79.9. The third kappa shape index (κ3) is 3.74. The predicted octanol–water partition coefficient (Wildman–Crippen LogP) is 0.379. The monoisotopic (exact) mass is 172 g/mol. The van der Waals surface area contributed by atoms with Gasteiger partial charge in [0.2, 0.25) is 0 Å². The van der Waals surface area contributed by atoms with Crippen molar-refractivity contribution < 1.29 is 5.11 Å². The van der Waals surface area contributed by atoms with Crippen LogP contribution in [0.2, 0.25) is 0 Å². The Bertz CT molecular complexity index is 146. The average molecular weight is 173 g/mol. The number of halogens is 1. The second kappa shape index (κ2) is 4.71. The summed E-state index contributed by atoms with van der Waals surface area (Å²) >= 11 is 3.05. The van der Waals surface area contributed by atoms with E-state index in [9.17, 15) is 0 Å². The van der Waals surface area contributed by atoms with Crippen molar-refractivity contribution in [3.05, 3.63) is 0 Å². The first kappa shape index (κ1) is 7.56. The molecule has 0 aromatic carbocycles. The van der Waals surface area contributed by atoms with Gasteiger partial charge in [-0.25, -0.2) is 0 Å². The lowest BCUT2D eigenvalue weighted by Gasteiger charge is -1.83. The molecule has 0 saturated heterocycles. The number of rotatable bonds is 0. The van der Waals surface area contributed by atoms with Crippen LogP contribution in [-0.4, -0.2) is 16.5 Å². The summed E-state index contributed by atoms with van der Waals surface area (Å²) < 4.78 is 0.